The zero-order chi connectivity index (χ0) is 13.0. The number of carbonyl (C=O) groups is 1. The Balaban J connectivity index is 0. The maximum atomic E-state index is 11.1. The van der Waals surface area contributed by atoms with Crippen molar-refractivity contribution in [3.63, 3.8) is 0 Å². The van der Waals surface area contributed by atoms with Gasteiger partial charge in [-0.25, -0.2) is 0 Å². The molecule has 16 heavy (non-hydrogen) atoms. The zero-order valence-corrected chi connectivity index (χ0v) is 11.7. The van der Waals surface area contributed by atoms with Gasteiger partial charge in [0.2, 0.25) is 0 Å². The average Bonchev–Trinajstić information content (AvgIpc) is 2.35. The molecule has 0 aliphatic heterocycles. The van der Waals surface area contributed by atoms with E-state index < -0.39 is 0 Å². The maximum absolute atomic E-state index is 11.1. The smallest absolute Gasteiger partial charge is 0.159 e. The van der Waals surface area contributed by atoms with Crippen molar-refractivity contribution in [1.29, 1.82) is 0 Å². The summed E-state index contributed by atoms with van der Waals surface area (Å²) in [4.78, 5) is 11.1. The minimum Gasteiger partial charge on any atom is -0.316 e. The van der Waals surface area contributed by atoms with Crippen molar-refractivity contribution in [3.8, 4) is 0 Å². The lowest BCUT2D eigenvalue weighted by atomic mass is 9.95. The van der Waals surface area contributed by atoms with Gasteiger partial charge in [0.05, 0.1) is 0 Å². The summed E-state index contributed by atoms with van der Waals surface area (Å²) in [6.45, 7) is 10.4. The highest BCUT2D eigenvalue weighted by Gasteiger charge is 2.11. The second kappa shape index (κ2) is 12.2. The van der Waals surface area contributed by atoms with E-state index in [1.807, 2.05) is 40.8 Å². The first kappa shape index (κ1) is 17.5. The third kappa shape index (κ3) is 6.57. The average molecular weight is 225 g/mol. The van der Waals surface area contributed by atoms with Gasteiger partial charge in [0, 0.05) is 12.1 Å². The van der Waals surface area contributed by atoms with Gasteiger partial charge in [0.25, 0.3) is 0 Å². The minimum atomic E-state index is 0.177. The van der Waals surface area contributed by atoms with Crippen LogP contribution in [0.1, 0.15) is 47.5 Å². The lowest BCUT2D eigenvalue weighted by Crippen LogP contribution is -2.16. The first-order valence-electron chi connectivity index (χ1n) is 6.31. The second-order valence-corrected chi connectivity index (χ2v) is 3.01. The number of allylic oxidation sites excluding steroid dienone is 2. The molecule has 0 unspecified atom stereocenters. The summed E-state index contributed by atoms with van der Waals surface area (Å²) in [6.07, 6.45) is 6.25. The highest BCUT2D eigenvalue weighted by Crippen LogP contribution is 2.18. The predicted octanol–water partition coefficient (Wildman–Crippen LogP) is 3.49. The number of likely N-dealkylation sites (N-methyl/N-ethyl adjacent to an activating group) is 1. The lowest BCUT2D eigenvalue weighted by Gasteiger charge is -2.13. The van der Waals surface area contributed by atoms with Gasteiger partial charge in [0.15, 0.2) is 5.78 Å². The first-order chi connectivity index (χ1) is 7.75. The van der Waals surface area contributed by atoms with Crippen LogP contribution in [0.15, 0.2) is 23.3 Å². The quantitative estimate of drug-likeness (QED) is 0.796. The van der Waals surface area contributed by atoms with E-state index in [1.165, 1.54) is 0 Å². The first-order valence-corrected chi connectivity index (χ1v) is 6.31. The third-order valence-corrected chi connectivity index (χ3v) is 2.00. The number of hydrogen-bond acceptors (Lipinski definition) is 2. The highest BCUT2D eigenvalue weighted by molar-refractivity contribution is 5.97. The fourth-order valence-corrected chi connectivity index (χ4v) is 1.45. The van der Waals surface area contributed by atoms with Gasteiger partial charge in [-0.15, -0.1) is 0 Å². The Morgan fingerprint density at radius 3 is 2.12 bits per heavy atom. The lowest BCUT2D eigenvalue weighted by molar-refractivity contribution is -0.113. The standard InChI is InChI=1S/C10H15NO.2C2H6/c1-8(12)10-6-4-3-5-9(10)7-11-2;2*1-2/h5-6,11H,3-4,7H2,1-2H3;2*1-2H3. The molecule has 0 atom stereocenters. The van der Waals surface area contributed by atoms with Crippen LogP contribution in [0.25, 0.3) is 0 Å². The van der Waals surface area contributed by atoms with E-state index in [4.69, 9.17) is 0 Å². The van der Waals surface area contributed by atoms with Gasteiger partial charge in [-0.2, -0.15) is 0 Å². The molecule has 1 aliphatic rings. The van der Waals surface area contributed by atoms with Crippen LogP contribution in [0.4, 0.5) is 0 Å². The summed E-state index contributed by atoms with van der Waals surface area (Å²) in [7, 11) is 1.90. The van der Waals surface area contributed by atoms with Crippen LogP contribution >= 0.6 is 0 Å². The van der Waals surface area contributed by atoms with E-state index >= 15 is 0 Å². The normalized spacial score (nSPS) is 13.4. The Hall–Kier alpha value is -0.890. The van der Waals surface area contributed by atoms with Crippen molar-refractivity contribution >= 4 is 5.78 Å². The second-order valence-electron chi connectivity index (χ2n) is 3.01. The molecule has 0 saturated carbocycles. The van der Waals surface area contributed by atoms with E-state index in [-0.39, 0.29) is 5.78 Å². The largest absolute Gasteiger partial charge is 0.316 e. The Kier molecular flexibility index (Phi) is 13.3. The fraction of sp³-hybridized carbons (Fsp3) is 0.643. The van der Waals surface area contributed by atoms with Crippen LogP contribution in [0.5, 0.6) is 0 Å². The molecule has 0 saturated heterocycles. The third-order valence-electron chi connectivity index (χ3n) is 2.00. The monoisotopic (exact) mass is 225 g/mol. The Morgan fingerprint density at radius 1 is 1.19 bits per heavy atom. The van der Waals surface area contributed by atoms with E-state index in [9.17, 15) is 4.79 Å². The van der Waals surface area contributed by atoms with Crippen molar-refractivity contribution in [2.75, 3.05) is 13.6 Å². The number of carbonyl (C=O) groups excluding carboxylic acids is 1. The van der Waals surface area contributed by atoms with E-state index in [2.05, 4.69) is 11.4 Å². The molecule has 0 amide bonds. The molecule has 94 valence electrons. The summed E-state index contributed by atoms with van der Waals surface area (Å²) >= 11 is 0. The molecule has 0 heterocycles. The molecule has 0 aromatic rings. The molecule has 1 rings (SSSR count). The van der Waals surface area contributed by atoms with Gasteiger partial charge < -0.3 is 5.32 Å². The molecule has 2 nitrogen and oxygen atoms in total. The van der Waals surface area contributed by atoms with Crippen LogP contribution in [0.2, 0.25) is 0 Å². The summed E-state index contributed by atoms with van der Waals surface area (Å²) in [5.41, 5.74) is 2.05. The van der Waals surface area contributed by atoms with Gasteiger partial charge in [-0.1, -0.05) is 39.8 Å². The molecule has 0 aromatic carbocycles. The van der Waals surface area contributed by atoms with Gasteiger partial charge in [-0.05, 0) is 32.4 Å². The van der Waals surface area contributed by atoms with Crippen molar-refractivity contribution in [2.45, 2.75) is 47.5 Å². The molecule has 0 radical (unpaired) electrons. The van der Waals surface area contributed by atoms with Crippen molar-refractivity contribution in [1.82, 2.24) is 5.32 Å². The molecule has 0 bridgehead atoms. The molecule has 0 aromatic heterocycles. The van der Waals surface area contributed by atoms with Gasteiger partial charge >= 0.3 is 0 Å². The minimum absolute atomic E-state index is 0.177. The van der Waals surface area contributed by atoms with Gasteiger partial charge in [-0.3, -0.25) is 4.79 Å². The van der Waals surface area contributed by atoms with Crippen molar-refractivity contribution in [3.05, 3.63) is 23.3 Å². The van der Waals surface area contributed by atoms with Crippen LogP contribution < -0.4 is 5.32 Å². The summed E-state index contributed by atoms with van der Waals surface area (Å²) in [6, 6.07) is 0. The summed E-state index contributed by atoms with van der Waals surface area (Å²) in [5.74, 6) is 0.177. The number of ketones is 1. The van der Waals surface area contributed by atoms with Gasteiger partial charge in [0.1, 0.15) is 0 Å². The molecule has 0 fully saturated rings. The van der Waals surface area contributed by atoms with Crippen LogP contribution in [0.3, 0.4) is 0 Å². The van der Waals surface area contributed by atoms with Crippen LogP contribution in [0, 0.1) is 0 Å². The maximum Gasteiger partial charge on any atom is 0.159 e. The van der Waals surface area contributed by atoms with E-state index in [1.54, 1.807) is 6.92 Å². The van der Waals surface area contributed by atoms with Crippen LogP contribution in [-0.2, 0) is 4.79 Å². The number of hydrogen-bond donors (Lipinski definition) is 1. The Bertz CT molecular complexity index is 239. The number of Topliss-reactive ketones (excluding diaryl/α,β-unsaturated/α-hetero) is 1. The van der Waals surface area contributed by atoms with E-state index in [0.717, 1.165) is 30.5 Å². The molecule has 1 aliphatic carbocycles. The Morgan fingerprint density at radius 2 is 1.69 bits per heavy atom. The van der Waals surface area contributed by atoms with E-state index in [0.29, 0.717) is 0 Å². The molecule has 0 spiro atoms. The van der Waals surface area contributed by atoms with Crippen molar-refractivity contribution in [2.24, 2.45) is 0 Å². The van der Waals surface area contributed by atoms with Crippen molar-refractivity contribution < 1.29 is 4.79 Å². The Labute approximate surface area is 101 Å². The summed E-state index contributed by atoms with van der Waals surface area (Å²) in [5, 5.41) is 3.06. The SMILES string of the molecule is CC.CC.CNCC1=CCCC=C1C(C)=O. The molecule has 2 heteroatoms. The summed E-state index contributed by atoms with van der Waals surface area (Å²) < 4.78 is 0. The number of rotatable bonds is 3. The highest BCUT2D eigenvalue weighted by atomic mass is 16.1. The predicted molar refractivity (Wildman–Crippen MR) is 72.7 cm³/mol. The molecular weight excluding hydrogens is 198 g/mol. The number of nitrogens with one attached hydrogen (secondary N) is 1. The van der Waals surface area contributed by atoms with Crippen LogP contribution in [-0.4, -0.2) is 19.4 Å². The molecule has 1 N–H and O–H groups in total. The fourth-order valence-electron chi connectivity index (χ4n) is 1.45. The zero-order valence-electron chi connectivity index (χ0n) is 11.7. The molecular formula is C14H27NO. The topological polar surface area (TPSA) is 29.1 Å².